The Balaban J connectivity index is 2.06. The summed E-state index contributed by atoms with van der Waals surface area (Å²) in [5.74, 6) is -0.321. The molecule has 4 rings (SSSR count). The number of hydrogen-bond acceptors (Lipinski definition) is 4. The second-order valence-corrected chi connectivity index (χ2v) is 9.43. The lowest BCUT2D eigenvalue weighted by molar-refractivity contribution is -0.118. The number of amides is 1. The Morgan fingerprint density at radius 2 is 1.93 bits per heavy atom. The van der Waals surface area contributed by atoms with Crippen LogP contribution in [0.5, 0.6) is 5.75 Å². The summed E-state index contributed by atoms with van der Waals surface area (Å²) >= 11 is 12.7. The zero-order valence-corrected chi connectivity index (χ0v) is 18.4. The quantitative estimate of drug-likeness (QED) is 0.540. The first-order valence-corrected chi connectivity index (χ1v) is 10.4. The molecule has 30 heavy (non-hydrogen) atoms. The average molecular weight is 445 g/mol. The number of nitrogens with zero attached hydrogens (tertiary/aromatic N) is 1. The third-order valence-electron chi connectivity index (χ3n) is 5.60. The van der Waals surface area contributed by atoms with Crippen LogP contribution in [-0.4, -0.2) is 16.8 Å². The van der Waals surface area contributed by atoms with Crippen molar-refractivity contribution < 1.29 is 14.7 Å². The number of benzene rings is 2. The highest BCUT2D eigenvalue weighted by molar-refractivity contribution is 6.35. The molecular weight excluding hydrogens is 423 g/mol. The highest BCUT2D eigenvalue weighted by Gasteiger charge is 2.43. The van der Waals surface area contributed by atoms with Crippen LogP contribution in [0.3, 0.4) is 0 Å². The van der Waals surface area contributed by atoms with Gasteiger partial charge in [-0.1, -0.05) is 49.2 Å². The van der Waals surface area contributed by atoms with Crippen molar-refractivity contribution in [2.75, 3.05) is 10.2 Å². The largest absolute Gasteiger partial charge is 0.506 e. The molecule has 0 saturated heterocycles. The maximum atomic E-state index is 13.4. The maximum Gasteiger partial charge on any atom is 0.224 e. The van der Waals surface area contributed by atoms with Gasteiger partial charge in [-0.15, -0.1) is 0 Å². The Morgan fingerprint density at radius 3 is 2.60 bits per heavy atom. The number of carbonyl (C=O) groups excluding carboxylic acids is 2. The van der Waals surface area contributed by atoms with Crippen LogP contribution in [0.15, 0.2) is 47.7 Å². The van der Waals surface area contributed by atoms with Gasteiger partial charge in [0.15, 0.2) is 5.78 Å². The Morgan fingerprint density at radius 1 is 1.20 bits per heavy atom. The molecule has 0 aromatic heterocycles. The lowest BCUT2D eigenvalue weighted by Gasteiger charge is -2.37. The van der Waals surface area contributed by atoms with Gasteiger partial charge in [0.05, 0.1) is 11.7 Å². The first kappa shape index (κ1) is 20.8. The fourth-order valence-corrected chi connectivity index (χ4v) is 4.92. The molecule has 0 spiro atoms. The van der Waals surface area contributed by atoms with Gasteiger partial charge in [-0.25, -0.2) is 0 Å². The molecule has 2 aliphatic rings. The molecular formula is C23H22Cl2N2O3. The van der Waals surface area contributed by atoms with Crippen molar-refractivity contribution in [2.24, 2.45) is 5.41 Å². The number of carbonyl (C=O) groups is 2. The van der Waals surface area contributed by atoms with E-state index in [9.17, 15) is 14.7 Å². The highest BCUT2D eigenvalue weighted by Crippen LogP contribution is 2.51. The van der Waals surface area contributed by atoms with Gasteiger partial charge in [-0.2, -0.15) is 0 Å². The molecule has 2 N–H and O–H groups in total. The minimum atomic E-state index is -0.735. The number of para-hydroxylation sites is 1. The fraction of sp³-hybridized carbons (Fsp3) is 0.304. The summed E-state index contributed by atoms with van der Waals surface area (Å²) in [5.41, 5.74) is 2.42. The van der Waals surface area contributed by atoms with E-state index in [2.05, 4.69) is 5.32 Å². The molecule has 0 radical (unpaired) electrons. The molecule has 0 fully saturated rings. The first-order chi connectivity index (χ1) is 14.1. The van der Waals surface area contributed by atoms with Crippen molar-refractivity contribution in [2.45, 2.75) is 39.7 Å². The van der Waals surface area contributed by atoms with E-state index >= 15 is 0 Å². The number of allylic oxidation sites excluding steroid dienone is 1. The van der Waals surface area contributed by atoms with Crippen LogP contribution in [0.1, 0.15) is 45.2 Å². The standard InChI is InChI=1S/C23H22Cl2N2O3/c1-12(28)27-17-5-4-6-18(29)21(17)26-16-10-23(2,3)11-19(30)20(16)22(27)14-8-7-13(24)9-15(14)25/h4-9,22,26,29H,10-11H2,1-3H3. The number of fused-ring (bicyclic) bond motifs is 1. The van der Waals surface area contributed by atoms with E-state index in [0.29, 0.717) is 51.1 Å². The number of rotatable bonds is 1. The molecule has 1 heterocycles. The topological polar surface area (TPSA) is 69.6 Å². The summed E-state index contributed by atoms with van der Waals surface area (Å²) in [6.07, 6.45) is 0.943. The van der Waals surface area contributed by atoms with E-state index in [1.54, 1.807) is 36.4 Å². The summed E-state index contributed by atoms with van der Waals surface area (Å²) in [6, 6.07) is 9.28. The molecule has 0 bridgehead atoms. The van der Waals surface area contributed by atoms with Gasteiger partial charge in [0.25, 0.3) is 0 Å². The van der Waals surface area contributed by atoms with E-state index in [1.165, 1.54) is 11.8 Å². The minimum Gasteiger partial charge on any atom is -0.506 e. The van der Waals surface area contributed by atoms with Crippen LogP contribution >= 0.6 is 23.2 Å². The molecule has 5 nitrogen and oxygen atoms in total. The highest BCUT2D eigenvalue weighted by atomic mass is 35.5. The molecule has 1 atom stereocenters. The number of Topliss-reactive ketones (excluding diaryl/α,β-unsaturated/α-hetero) is 1. The van der Waals surface area contributed by atoms with Gasteiger partial charge < -0.3 is 10.4 Å². The Kier molecular flexibility index (Phi) is 5.07. The number of hydrogen-bond donors (Lipinski definition) is 2. The predicted octanol–water partition coefficient (Wildman–Crippen LogP) is 5.86. The molecule has 7 heteroatoms. The second kappa shape index (κ2) is 7.33. The van der Waals surface area contributed by atoms with Gasteiger partial charge in [0, 0.05) is 34.7 Å². The van der Waals surface area contributed by atoms with Crippen molar-refractivity contribution in [3.8, 4) is 5.75 Å². The monoisotopic (exact) mass is 444 g/mol. The van der Waals surface area contributed by atoms with Crippen LogP contribution in [0.2, 0.25) is 10.0 Å². The Bertz CT molecular complexity index is 1110. The van der Waals surface area contributed by atoms with E-state index in [-0.39, 0.29) is 22.9 Å². The van der Waals surface area contributed by atoms with Crippen molar-refractivity contribution in [3.63, 3.8) is 0 Å². The number of anilines is 2. The zero-order valence-electron chi connectivity index (χ0n) is 16.9. The van der Waals surface area contributed by atoms with E-state index in [0.717, 1.165) is 0 Å². The summed E-state index contributed by atoms with van der Waals surface area (Å²) in [6.45, 7) is 5.49. The molecule has 1 aliphatic carbocycles. The summed E-state index contributed by atoms with van der Waals surface area (Å²) in [5, 5.41) is 14.7. The SMILES string of the molecule is CC(=O)N1c2cccc(O)c2NC2=C(C(=O)CC(C)(C)C2)C1c1ccc(Cl)cc1Cl. The number of aromatic hydroxyl groups is 1. The van der Waals surface area contributed by atoms with Gasteiger partial charge in [-0.05, 0) is 41.7 Å². The maximum absolute atomic E-state index is 13.4. The van der Waals surface area contributed by atoms with Crippen LogP contribution in [-0.2, 0) is 9.59 Å². The molecule has 156 valence electrons. The molecule has 1 unspecified atom stereocenters. The van der Waals surface area contributed by atoms with E-state index in [1.807, 2.05) is 13.8 Å². The van der Waals surface area contributed by atoms with Crippen molar-refractivity contribution in [3.05, 3.63) is 63.3 Å². The first-order valence-electron chi connectivity index (χ1n) is 9.69. The number of phenolic OH excluding ortho intramolecular Hbond substituents is 1. The Labute approximate surface area is 185 Å². The lowest BCUT2D eigenvalue weighted by atomic mass is 9.73. The van der Waals surface area contributed by atoms with Gasteiger partial charge >= 0.3 is 0 Å². The normalized spacial score (nSPS) is 20.2. The molecule has 1 aliphatic heterocycles. The van der Waals surface area contributed by atoms with Crippen molar-refractivity contribution in [1.82, 2.24) is 0 Å². The predicted molar refractivity (Wildman–Crippen MR) is 119 cm³/mol. The van der Waals surface area contributed by atoms with Crippen molar-refractivity contribution in [1.29, 1.82) is 0 Å². The summed E-state index contributed by atoms with van der Waals surface area (Å²) in [7, 11) is 0. The fourth-order valence-electron chi connectivity index (χ4n) is 4.41. The van der Waals surface area contributed by atoms with Crippen LogP contribution in [0, 0.1) is 5.41 Å². The summed E-state index contributed by atoms with van der Waals surface area (Å²) < 4.78 is 0. The third-order valence-corrected chi connectivity index (χ3v) is 6.17. The van der Waals surface area contributed by atoms with E-state index < -0.39 is 6.04 Å². The van der Waals surface area contributed by atoms with Crippen LogP contribution in [0.4, 0.5) is 11.4 Å². The molecule has 0 saturated carbocycles. The summed E-state index contributed by atoms with van der Waals surface area (Å²) in [4.78, 5) is 27.8. The number of halogens is 2. The van der Waals surface area contributed by atoms with Crippen LogP contribution < -0.4 is 10.2 Å². The van der Waals surface area contributed by atoms with Gasteiger partial charge in [0.2, 0.25) is 5.91 Å². The van der Waals surface area contributed by atoms with Crippen LogP contribution in [0.25, 0.3) is 0 Å². The number of nitrogens with one attached hydrogen (secondary N) is 1. The molecule has 2 aromatic rings. The number of phenols is 1. The lowest BCUT2D eigenvalue weighted by Crippen LogP contribution is -2.38. The van der Waals surface area contributed by atoms with Gasteiger partial charge in [0.1, 0.15) is 11.4 Å². The van der Waals surface area contributed by atoms with E-state index in [4.69, 9.17) is 23.2 Å². The van der Waals surface area contributed by atoms with Crippen molar-refractivity contribution >= 4 is 46.3 Å². The Hall–Kier alpha value is -2.50. The minimum absolute atomic E-state index is 0.00396. The average Bonchev–Trinajstić information content (AvgIpc) is 2.76. The smallest absolute Gasteiger partial charge is 0.224 e. The molecule has 2 aromatic carbocycles. The zero-order chi connectivity index (χ0) is 21.8. The second-order valence-electron chi connectivity index (χ2n) is 8.59. The number of ketones is 1. The molecule has 1 amide bonds. The third kappa shape index (κ3) is 3.46. The van der Waals surface area contributed by atoms with Gasteiger partial charge in [-0.3, -0.25) is 14.5 Å².